The SMILES string of the molecule is C=CCC(C(=O)OC(C)(C)C)C(CC(C)C)C(=O)NC1CCCCn2c(-c3ccc(-c4c(C)noc4C)cc3)nnc21. The van der Waals surface area contributed by atoms with Crippen LogP contribution in [0.4, 0.5) is 0 Å². The van der Waals surface area contributed by atoms with Gasteiger partial charge in [0, 0.05) is 17.7 Å². The summed E-state index contributed by atoms with van der Waals surface area (Å²) in [5.41, 5.74) is 3.19. The summed E-state index contributed by atoms with van der Waals surface area (Å²) in [6, 6.07) is 7.87. The number of nitrogens with one attached hydrogen (secondary N) is 1. The van der Waals surface area contributed by atoms with Gasteiger partial charge in [-0.2, -0.15) is 0 Å². The fourth-order valence-electron chi connectivity index (χ4n) is 5.79. The summed E-state index contributed by atoms with van der Waals surface area (Å²) in [4.78, 5) is 27.1. The fraction of sp³-hybridized carbons (Fsp3) is 0.545. The summed E-state index contributed by atoms with van der Waals surface area (Å²) in [6.45, 7) is 18.1. The first-order valence-electron chi connectivity index (χ1n) is 15.0. The Balaban J connectivity index is 1.60. The van der Waals surface area contributed by atoms with E-state index >= 15 is 0 Å². The molecule has 226 valence electrons. The third-order valence-corrected chi connectivity index (χ3v) is 7.68. The highest BCUT2D eigenvalue weighted by Gasteiger charge is 2.38. The molecule has 42 heavy (non-hydrogen) atoms. The predicted molar refractivity (Wildman–Crippen MR) is 162 cm³/mol. The summed E-state index contributed by atoms with van der Waals surface area (Å²) < 4.78 is 13.2. The van der Waals surface area contributed by atoms with Crippen molar-refractivity contribution in [3.8, 4) is 22.5 Å². The van der Waals surface area contributed by atoms with Crippen LogP contribution in [0, 0.1) is 31.6 Å². The van der Waals surface area contributed by atoms with Crippen molar-refractivity contribution in [2.45, 2.75) is 98.8 Å². The maximum atomic E-state index is 13.9. The van der Waals surface area contributed by atoms with Crippen LogP contribution in [0.2, 0.25) is 0 Å². The first-order chi connectivity index (χ1) is 19.9. The van der Waals surface area contributed by atoms with Crippen molar-refractivity contribution in [3.63, 3.8) is 0 Å². The molecular formula is C33H45N5O4. The molecule has 0 saturated carbocycles. The number of carbonyl (C=O) groups is 2. The first kappa shape index (κ1) is 31.2. The molecule has 9 nitrogen and oxygen atoms in total. The fourth-order valence-corrected chi connectivity index (χ4v) is 5.79. The van der Waals surface area contributed by atoms with Crippen LogP contribution in [0.3, 0.4) is 0 Å². The van der Waals surface area contributed by atoms with Gasteiger partial charge < -0.3 is 19.1 Å². The Labute approximate surface area is 249 Å². The van der Waals surface area contributed by atoms with E-state index < -0.39 is 17.4 Å². The van der Waals surface area contributed by atoms with Gasteiger partial charge in [-0.05, 0) is 78.2 Å². The number of fused-ring (bicyclic) bond motifs is 1. The van der Waals surface area contributed by atoms with E-state index in [1.54, 1.807) is 6.08 Å². The molecule has 0 spiro atoms. The van der Waals surface area contributed by atoms with Crippen LogP contribution >= 0.6 is 0 Å². The number of hydrogen-bond acceptors (Lipinski definition) is 7. The lowest BCUT2D eigenvalue weighted by molar-refractivity contribution is -0.164. The summed E-state index contributed by atoms with van der Waals surface area (Å²) in [6.07, 6.45) is 5.27. The molecule has 3 atom stereocenters. The molecule has 0 saturated heterocycles. The van der Waals surface area contributed by atoms with E-state index in [1.807, 2.05) is 58.9 Å². The Morgan fingerprint density at radius 3 is 2.40 bits per heavy atom. The van der Waals surface area contributed by atoms with Crippen LogP contribution in [0.5, 0.6) is 0 Å². The van der Waals surface area contributed by atoms with Gasteiger partial charge >= 0.3 is 5.97 Å². The molecule has 0 bridgehead atoms. The summed E-state index contributed by atoms with van der Waals surface area (Å²) >= 11 is 0. The minimum absolute atomic E-state index is 0.159. The highest BCUT2D eigenvalue weighted by Crippen LogP contribution is 2.33. The molecule has 3 heterocycles. The van der Waals surface area contributed by atoms with Gasteiger partial charge in [0.05, 0.1) is 23.6 Å². The third kappa shape index (κ3) is 7.17. The molecule has 9 heteroatoms. The summed E-state index contributed by atoms with van der Waals surface area (Å²) in [7, 11) is 0. The highest BCUT2D eigenvalue weighted by atomic mass is 16.6. The number of amides is 1. The summed E-state index contributed by atoms with van der Waals surface area (Å²) in [5, 5.41) is 16.5. The number of allylic oxidation sites excluding steroid dienone is 1. The van der Waals surface area contributed by atoms with E-state index in [2.05, 4.69) is 45.7 Å². The van der Waals surface area contributed by atoms with Gasteiger partial charge in [0.25, 0.3) is 0 Å². The smallest absolute Gasteiger partial charge is 0.310 e. The van der Waals surface area contributed by atoms with Crippen molar-refractivity contribution in [1.29, 1.82) is 0 Å². The number of aryl methyl sites for hydroxylation is 2. The number of aromatic nitrogens is 4. The van der Waals surface area contributed by atoms with Crippen molar-refractivity contribution < 1.29 is 18.8 Å². The zero-order chi connectivity index (χ0) is 30.6. The van der Waals surface area contributed by atoms with Crippen LogP contribution in [-0.2, 0) is 20.9 Å². The van der Waals surface area contributed by atoms with Gasteiger partial charge in [0.2, 0.25) is 5.91 Å². The quantitative estimate of drug-likeness (QED) is 0.210. The lowest BCUT2D eigenvalue weighted by Gasteiger charge is -2.30. The van der Waals surface area contributed by atoms with Crippen LogP contribution in [0.25, 0.3) is 22.5 Å². The second kappa shape index (κ2) is 13.0. The minimum Gasteiger partial charge on any atom is -0.460 e. The van der Waals surface area contributed by atoms with E-state index in [0.717, 1.165) is 65.6 Å². The molecule has 0 radical (unpaired) electrons. The van der Waals surface area contributed by atoms with Gasteiger partial charge in [-0.25, -0.2) is 0 Å². The molecular weight excluding hydrogens is 530 g/mol. The van der Waals surface area contributed by atoms with Crippen LogP contribution in [0.15, 0.2) is 41.4 Å². The molecule has 1 aromatic carbocycles. The number of hydrogen-bond donors (Lipinski definition) is 1. The molecule has 2 aromatic heterocycles. The highest BCUT2D eigenvalue weighted by molar-refractivity contribution is 5.86. The Bertz CT molecular complexity index is 1380. The third-order valence-electron chi connectivity index (χ3n) is 7.68. The standard InChI is InChI=1S/C33H45N5O4/c1-9-12-25(32(40)41-33(6,7)8)26(19-20(2)3)31(39)34-27-13-10-11-18-38-29(35-36-30(27)38)24-16-14-23(15-17-24)28-21(4)37-42-22(28)5/h9,14-17,20,25-27H,1,10-13,18-19H2,2-8H3,(H,34,39). The molecule has 4 rings (SSSR count). The monoisotopic (exact) mass is 575 g/mol. The second-order valence-corrected chi connectivity index (χ2v) is 12.8. The van der Waals surface area contributed by atoms with E-state index in [4.69, 9.17) is 9.26 Å². The van der Waals surface area contributed by atoms with E-state index in [9.17, 15) is 9.59 Å². The van der Waals surface area contributed by atoms with E-state index in [0.29, 0.717) is 12.8 Å². The number of benzene rings is 1. The van der Waals surface area contributed by atoms with Gasteiger partial charge in [0.1, 0.15) is 11.4 Å². The number of carbonyl (C=O) groups excluding carboxylic acids is 2. The molecule has 0 fully saturated rings. The largest absolute Gasteiger partial charge is 0.460 e. The Kier molecular flexibility index (Phi) is 9.69. The first-order valence-corrected chi connectivity index (χ1v) is 15.0. The average Bonchev–Trinajstić information content (AvgIpc) is 3.42. The van der Waals surface area contributed by atoms with Crippen LogP contribution in [0.1, 0.15) is 90.0 Å². The molecule has 3 unspecified atom stereocenters. The van der Waals surface area contributed by atoms with Crippen molar-refractivity contribution >= 4 is 11.9 Å². The Morgan fingerprint density at radius 1 is 1.12 bits per heavy atom. The van der Waals surface area contributed by atoms with Crippen LogP contribution < -0.4 is 5.32 Å². The number of esters is 1. The van der Waals surface area contributed by atoms with E-state index in [1.165, 1.54) is 0 Å². The average molecular weight is 576 g/mol. The summed E-state index contributed by atoms with van der Waals surface area (Å²) in [5.74, 6) is 0.831. The van der Waals surface area contributed by atoms with Gasteiger partial charge in [-0.15, -0.1) is 16.8 Å². The van der Waals surface area contributed by atoms with Crippen molar-refractivity contribution in [1.82, 2.24) is 25.2 Å². The maximum absolute atomic E-state index is 13.9. The Morgan fingerprint density at radius 2 is 1.81 bits per heavy atom. The van der Waals surface area contributed by atoms with Crippen molar-refractivity contribution in [3.05, 3.63) is 54.2 Å². The molecule has 1 aliphatic rings. The number of rotatable bonds is 10. The lowest BCUT2D eigenvalue weighted by Crippen LogP contribution is -2.42. The lowest BCUT2D eigenvalue weighted by atomic mass is 9.82. The number of ether oxygens (including phenoxy) is 1. The molecule has 1 N–H and O–H groups in total. The van der Waals surface area contributed by atoms with Gasteiger partial charge in [0.15, 0.2) is 11.6 Å². The predicted octanol–water partition coefficient (Wildman–Crippen LogP) is 6.75. The normalized spacial score (nSPS) is 16.8. The molecule has 1 amide bonds. The zero-order valence-corrected chi connectivity index (χ0v) is 26.1. The van der Waals surface area contributed by atoms with E-state index in [-0.39, 0.29) is 23.8 Å². The molecule has 1 aliphatic heterocycles. The topological polar surface area (TPSA) is 112 Å². The number of nitrogens with zero attached hydrogens (tertiary/aromatic N) is 4. The zero-order valence-electron chi connectivity index (χ0n) is 26.1. The van der Waals surface area contributed by atoms with Crippen molar-refractivity contribution in [2.24, 2.45) is 17.8 Å². The van der Waals surface area contributed by atoms with Crippen molar-refractivity contribution in [2.75, 3.05) is 0 Å². The Hall–Kier alpha value is -3.75. The minimum atomic E-state index is -0.644. The molecule has 3 aromatic rings. The van der Waals surface area contributed by atoms with Gasteiger partial charge in [-0.3, -0.25) is 9.59 Å². The second-order valence-electron chi connectivity index (χ2n) is 12.8. The maximum Gasteiger partial charge on any atom is 0.310 e. The van der Waals surface area contributed by atoms with Crippen LogP contribution in [-0.4, -0.2) is 37.4 Å². The van der Waals surface area contributed by atoms with Gasteiger partial charge in [-0.1, -0.05) is 49.3 Å². The molecule has 0 aliphatic carbocycles.